The Morgan fingerprint density at radius 3 is 2.89 bits per heavy atom. The summed E-state index contributed by atoms with van der Waals surface area (Å²) in [6.07, 6.45) is 1.61. The number of carbonyl (C=O) groups excluding carboxylic acids is 3. The van der Waals surface area contributed by atoms with Gasteiger partial charge in [-0.25, -0.2) is 0 Å². The average Bonchev–Trinajstić information content (AvgIpc) is 3.27. The molecule has 1 saturated heterocycles. The quantitative estimate of drug-likeness (QED) is 0.705. The molecule has 142 valence electrons. The first-order valence-electron chi connectivity index (χ1n) is 8.45. The molecule has 1 aliphatic heterocycles. The predicted molar refractivity (Wildman–Crippen MR) is 101 cm³/mol. The van der Waals surface area contributed by atoms with Gasteiger partial charge in [0.05, 0.1) is 18.7 Å². The van der Waals surface area contributed by atoms with E-state index in [0.29, 0.717) is 18.0 Å². The molecule has 1 fully saturated rings. The summed E-state index contributed by atoms with van der Waals surface area (Å²) in [6, 6.07) is 8.90. The number of halogens is 1. The molecule has 0 radical (unpaired) electrons. The van der Waals surface area contributed by atoms with Gasteiger partial charge in [0.15, 0.2) is 6.61 Å². The molecule has 2 aromatic rings. The first-order chi connectivity index (χ1) is 12.9. The van der Waals surface area contributed by atoms with Crippen molar-refractivity contribution in [2.24, 2.45) is 5.92 Å². The van der Waals surface area contributed by atoms with Crippen molar-refractivity contribution >= 4 is 39.4 Å². The Bertz CT molecular complexity index is 850. The molecule has 2 heterocycles. The number of anilines is 1. The lowest BCUT2D eigenvalue weighted by molar-refractivity contribution is -0.151. The number of esters is 1. The highest BCUT2D eigenvalue weighted by Gasteiger charge is 2.35. The van der Waals surface area contributed by atoms with Gasteiger partial charge in [0.2, 0.25) is 5.91 Å². The summed E-state index contributed by atoms with van der Waals surface area (Å²) in [6.45, 7) is 2.09. The van der Waals surface area contributed by atoms with E-state index in [4.69, 9.17) is 9.15 Å². The summed E-state index contributed by atoms with van der Waals surface area (Å²) in [7, 11) is 0. The number of nitrogens with one attached hydrogen (secondary N) is 1. The van der Waals surface area contributed by atoms with Crippen LogP contribution in [-0.2, 0) is 25.7 Å². The average molecular weight is 435 g/mol. The Hall–Kier alpha value is -2.61. The summed E-state index contributed by atoms with van der Waals surface area (Å²) >= 11 is 3.39. The zero-order valence-corrected chi connectivity index (χ0v) is 16.3. The molecule has 0 aliphatic carbocycles. The lowest BCUT2D eigenvalue weighted by atomic mass is 10.1. The summed E-state index contributed by atoms with van der Waals surface area (Å²) in [4.78, 5) is 37.8. The molecule has 27 heavy (non-hydrogen) atoms. The van der Waals surface area contributed by atoms with Gasteiger partial charge in [0, 0.05) is 23.1 Å². The maximum atomic E-state index is 12.2. The molecule has 1 atom stereocenters. The SMILES string of the molecule is Cc1cc(NC(=O)COC(=O)[C@@H]2CC(=O)N(Cc3ccco3)C2)ccc1Br. The first kappa shape index (κ1) is 19.2. The molecule has 0 unspecified atom stereocenters. The molecule has 0 saturated carbocycles. The van der Waals surface area contributed by atoms with Gasteiger partial charge in [-0.15, -0.1) is 0 Å². The number of likely N-dealkylation sites (tertiary alicyclic amines) is 1. The molecule has 1 aromatic carbocycles. The Morgan fingerprint density at radius 1 is 1.37 bits per heavy atom. The molecule has 2 amide bonds. The van der Waals surface area contributed by atoms with E-state index in [0.717, 1.165) is 10.0 Å². The van der Waals surface area contributed by atoms with Crippen LogP contribution in [0, 0.1) is 12.8 Å². The summed E-state index contributed by atoms with van der Waals surface area (Å²) in [5, 5.41) is 2.68. The number of amides is 2. The van der Waals surface area contributed by atoms with E-state index in [2.05, 4.69) is 21.2 Å². The highest BCUT2D eigenvalue weighted by molar-refractivity contribution is 9.10. The molecular weight excluding hydrogens is 416 g/mol. The third-order valence-electron chi connectivity index (χ3n) is 4.26. The van der Waals surface area contributed by atoms with Crippen molar-refractivity contribution in [2.75, 3.05) is 18.5 Å². The molecule has 3 rings (SSSR count). The lowest BCUT2D eigenvalue weighted by Crippen LogP contribution is -2.28. The Balaban J connectivity index is 1.46. The molecule has 8 heteroatoms. The van der Waals surface area contributed by atoms with E-state index < -0.39 is 24.4 Å². The van der Waals surface area contributed by atoms with E-state index in [-0.39, 0.29) is 18.9 Å². The van der Waals surface area contributed by atoms with Crippen LogP contribution in [0.1, 0.15) is 17.7 Å². The van der Waals surface area contributed by atoms with Crippen LogP contribution >= 0.6 is 15.9 Å². The third-order valence-corrected chi connectivity index (χ3v) is 5.15. The fourth-order valence-electron chi connectivity index (χ4n) is 2.85. The number of aryl methyl sites for hydroxylation is 1. The number of carbonyl (C=O) groups is 3. The smallest absolute Gasteiger partial charge is 0.311 e. The van der Waals surface area contributed by atoms with Crippen LogP contribution in [-0.4, -0.2) is 35.8 Å². The van der Waals surface area contributed by atoms with Crippen molar-refractivity contribution < 1.29 is 23.5 Å². The zero-order chi connectivity index (χ0) is 19.4. The highest BCUT2D eigenvalue weighted by atomic mass is 79.9. The molecular formula is C19H19BrN2O5. The summed E-state index contributed by atoms with van der Waals surface area (Å²) in [5.41, 5.74) is 1.60. The maximum absolute atomic E-state index is 12.2. The van der Waals surface area contributed by atoms with Crippen molar-refractivity contribution in [3.05, 3.63) is 52.4 Å². The van der Waals surface area contributed by atoms with Gasteiger partial charge in [-0.3, -0.25) is 14.4 Å². The number of nitrogens with zero attached hydrogens (tertiary/aromatic N) is 1. The Kier molecular flexibility index (Phi) is 5.95. The largest absolute Gasteiger partial charge is 0.467 e. The highest BCUT2D eigenvalue weighted by Crippen LogP contribution is 2.22. The number of furan rings is 1. The first-order valence-corrected chi connectivity index (χ1v) is 9.24. The van der Waals surface area contributed by atoms with Crippen molar-refractivity contribution in [1.82, 2.24) is 4.90 Å². The van der Waals surface area contributed by atoms with Gasteiger partial charge in [-0.1, -0.05) is 15.9 Å². The van der Waals surface area contributed by atoms with Crippen LogP contribution in [0.15, 0.2) is 45.5 Å². The molecule has 0 bridgehead atoms. The van der Waals surface area contributed by atoms with Crippen LogP contribution < -0.4 is 5.32 Å². The summed E-state index contributed by atoms with van der Waals surface area (Å²) in [5.74, 6) is -1.03. The van der Waals surface area contributed by atoms with E-state index in [1.807, 2.05) is 19.1 Å². The number of benzene rings is 1. The second-order valence-corrected chi connectivity index (χ2v) is 7.23. The molecule has 1 aromatic heterocycles. The van der Waals surface area contributed by atoms with Gasteiger partial charge >= 0.3 is 5.97 Å². The van der Waals surface area contributed by atoms with Gasteiger partial charge in [0.1, 0.15) is 5.76 Å². The Morgan fingerprint density at radius 2 is 2.19 bits per heavy atom. The standard InChI is InChI=1S/C19H19BrN2O5/c1-12-7-14(4-5-16(12)20)21-17(23)11-27-19(25)13-8-18(24)22(9-13)10-15-3-2-6-26-15/h2-7,13H,8-11H2,1H3,(H,21,23)/t13-/m1/s1. The fraction of sp³-hybridized carbons (Fsp3) is 0.316. The number of hydrogen-bond acceptors (Lipinski definition) is 5. The molecule has 1 aliphatic rings. The van der Waals surface area contributed by atoms with Crippen LogP contribution in [0.5, 0.6) is 0 Å². The maximum Gasteiger partial charge on any atom is 0.311 e. The number of ether oxygens (including phenoxy) is 1. The second-order valence-electron chi connectivity index (χ2n) is 6.37. The molecule has 0 spiro atoms. The van der Waals surface area contributed by atoms with Gasteiger partial charge in [0.25, 0.3) is 5.91 Å². The second kappa shape index (κ2) is 8.39. The van der Waals surface area contributed by atoms with Crippen molar-refractivity contribution in [2.45, 2.75) is 19.9 Å². The molecule has 1 N–H and O–H groups in total. The third kappa shape index (κ3) is 4.97. The van der Waals surface area contributed by atoms with E-state index >= 15 is 0 Å². The monoisotopic (exact) mass is 434 g/mol. The minimum atomic E-state index is -0.574. The van der Waals surface area contributed by atoms with Crippen LogP contribution in [0.2, 0.25) is 0 Å². The normalized spacial score (nSPS) is 16.4. The summed E-state index contributed by atoms with van der Waals surface area (Å²) < 4.78 is 11.2. The fourth-order valence-corrected chi connectivity index (χ4v) is 3.09. The van der Waals surface area contributed by atoms with E-state index in [9.17, 15) is 14.4 Å². The Labute approximate surface area is 164 Å². The predicted octanol–water partition coefficient (Wildman–Crippen LogP) is 2.88. The van der Waals surface area contributed by atoms with Crippen LogP contribution in [0.4, 0.5) is 5.69 Å². The van der Waals surface area contributed by atoms with Crippen molar-refractivity contribution in [3.63, 3.8) is 0 Å². The van der Waals surface area contributed by atoms with Gasteiger partial charge in [-0.2, -0.15) is 0 Å². The van der Waals surface area contributed by atoms with Gasteiger partial charge in [-0.05, 0) is 42.8 Å². The van der Waals surface area contributed by atoms with Crippen LogP contribution in [0.25, 0.3) is 0 Å². The van der Waals surface area contributed by atoms with E-state index in [1.54, 1.807) is 23.1 Å². The lowest BCUT2D eigenvalue weighted by Gasteiger charge is -2.14. The number of rotatable bonds is 6. The minimum absolute atomic E-state index is 0.0765. The van der Waals surface area contributed by atoms with Crippen molar-refractivity contribution in [3.8, 4) is 0 Å². The zero-order valence-electron chi connectivity index (χ0n) is 14.7. The minimum Gasteiger partial charge on any atom is -0.467 e. The van der Waals surface area contributed by atoms with Crippen LogP contribution in [0.3, 0.4) is 0 Å². The van der Waals surface area contributed by atoms with E-state index in [1.165, 1.54) is 6.26 Å². The molecule has 7 nitrogen and oxygen atoms in total. The number of hydrogen-bond donors (Lipinski definition) is 1. The van der Waals surface area contributed by atoms with Crippen molar-refractivity contribution in [1.29, 1.82) is 0 Å². The van der Waals surface area contributed by atoms with Gasteiger partial charge < -0.3 is 19.4 Å². The topological polar surface area (TPSA) is 88.8 Å².